The molecule has 0 spiro atoms. The van der Waals surface area contributed by atoms with Gasteiger partial charge in [-0.25, -0.2) is 13.2 Å². The molecular weight excluding hydrogens is 215 g/mol. The van der Waals surface area contributed by atoms with Crippen molar-refractivity contribution in [2.24, 2.45) is 5.73 Å². The van der Waals surface area contributed by atoms with Gasteiger partial charge in [0.05, 0.1) is 5.56 Å². The van der Waals surface area contributed by atoms with Crippen molar-refractivity contribution in [2.75, 3.05) is 0 Å². The minimum absolute atomic E-state index is 0.189. The lowest BCUT2D eigenvalue weighted by atomic mass is 9.99. The number of hydrogen-bond donors (Lipinski definition) is 1. The molecule has 1 aliphatic carbocycles. The zero-order chi connectivity index (χ0) is 11.8. The Morgan fingerprint density at radius 2 is 2.00 bits per heavy atom. The molecule has 0 radical (unpaired) electrons. The summed E-state index contributed by atoms with van der Waals surface area (Å²) in [5.74, 6) is -0.825. The van der Waals surface area contributed by atoms with Crippen molar-refractivity contribution in [3.63, 3.8) is 0 Å². The number of alkyl halides is 2. The van der Waals surface area contributed by atoms with E-state index in [0.717, 1.165) is 18.9 Å². The maximum absolute atomic E-state index is 13.2. The van der Waals surface area contributed by atoms with Crippen LogP contribution in [0, 0.1) is 5.82 Å². The predicted molar refractivity (Wildman–Crippen MR) is 55.8 cm³/mol. The summed E-state index contributed by atoms with van der Waals surface area (Å²) >= 11 is 0. The fourth-order valence-electron chi connectivity index (χ4n) is 1.84. The minimum Gasteiger partial charge on any atom is -0.325 e. The quantitative estimate of drug-likeness (QED) is 0.843. The molecule has 0 amide bonds. The molecular formula is C12H14F3N. The van der Waals surface area contributed by atoms with Crippen LogP contribution in [0.4, 0.5) is 13.2 Å². The van der Waals surface area contributed by atoms with E-state index < -0.39 is 17.8 Å². The fourth-order valence-corrected chi connectivity index (χ4v) is 1.84. The molecule has 1 fully saturated rings. The van der Waals surface area contributed by atoms with Crippen LogP contribution in [0.2, 0.25) is 0 Å². The van der Waals surface area contributed by atoms with Crippen LogP contribution in [-0.2, 0) is 6.42 Å². The largest absolute Gasteiger partial charge is 0.325 e. The third kappa shape index (κ3) is 2.38. The van der Waals surface area contributed by atoms with Gasteiger partial charge in [-0.2, -0.15) is 0 Å². The van der Waals surface area contributed by atoms with Gasteiger partial charge >= 0.3 is 0 Å². The van der Waals surface area contributed by atoms with E-state index >= 15 is 0 Å². The first-order valence-corrected chi connectivity index (χ1v) is 5.36. The molecule has 1 aliphatic rings. The van der Waals surface area contributed by atoms with Gasteiger partial charge in [-0.1, -0.05) is 12.1 Å². The van der Waals surface area contributed by atoms with Gasteiger partial charge in [0.2, 0.25) is 0 Å². The van der Waals surface area contributed by atoms with Gasteiger partial charge in [-0.05, 0) is 37.3 Å². The van der Waals surface area contributed by atoms with Crippen LogP contribution in [0.15, 0.2) is 18.2 Å². The van der Waals surface area contributed by atoms with Crippen LogP contribution in [0.25, 0.3) is 0 Å². The van der Waals surface area contributed by atoms with Gasteiger partial charge in [0.1, 0.15) is 5.82 Å². The summed E-state index contributed by atoms with van der Waals surface area (Å²) in [6.07, 6.45) is 0.187. The molecule has 4 heteroatoms. The lowest BCUT2D eigenvalue weighted by Crippen LogP contribution is -2.22. The monoisotopic (exact) mass is 229 g/mol. The van der Waals surface area contributed by atoms with E-state index in [1.54, 1.807) is 6.07 Å². The van der Waals surface area contributed by atoms with E-state index in [9.17, 15) is 13.2 Å². The van der Waals surface area contributed by atoms with Crippen LogP contribution < -0.4 is 5.73 Å². The normalized spacial score (nSPS) is 17.8. The Bertz CT molecular complexity index is 386. The van der Waals surface area contributed by atoms with Gasteiger partial charge in [0, 0.05) is 5.54 Å². The van der Waals surface area contributed by atoms with Gasteiger partial charge in [0.25, 0.3) is 6.43 Å². The lowest BCUT2D eigenvalue weighted by molar-refractivity contribution is 0.145. The second-order valence-electron chi connectivity index (χ2n) is 4.48. The van der Waals surface area contributed by atoms with E-state index in [2.05, 4.69) is 0 Å². The Morgan fingerprint density at radius 1 is 1.31 bits per heavy atom. The van der Waals surface area contributed by atoms with Crippen LogP contribution >= 0.6 is 0 Å². The Balaban J connectivity index is 2.15. The Kier molecular flexibility index (Phi) is 2.93. The van der Waals surface area contributed by atoms with Crippen molar-refractivity contribution < 1.29 is 13.2 Å². The summed E-state index contributed by atoms with van der Waals surface area (Å²) in [4.78, 5) is 0. The van der Waals surface area contributed by atoms with Gasteiger partial charge in [-0.3, -0.25) is 0 Å². The maximum atomic E-state index is 13.2. The molecule has 88 valence electrons. The fraction of sp³-hybridized carbons (Fsp3) is 0.500. The third-order valence-corrected chi connectivity index (χ3v) is 3.15. The molecule has 2 N–H and O–H groups in total. The SMILES string of the molecule is NC1(CCc2cccc(F)c2C(F)F)CC1. The molecule has 0 aliphatic heterocycles. The molecule has 1 aromatic rings. The number of rotatable bonds is 4. The summed E-state index contributed by atoms with van der Waals surface area (Å²) in [5, 5.41) is 0. The molecule has 1 aromatic carbocycles. The standard InChI is InChI=1S/C12H14F3N/c13-9-3-1-2-8(10(9)11(14)15)4-5-12(16)6-7-12/h1-3,11H,4-7,16H2. The molecule has 0 unspecified atom stereocenters. The summed E-state index contributed by atoms with van der Waals surface area (Å²) < 4.78 is 38.5. The van der Waals surface area contributed by atoms with Crippen molar-refractivity contribution in [1.82, 2.24) is 0 Å². The molecule has 0 aromatic heterocycles. The van der Waals surface area contributed by atoms with Gasteiger partial charge < -0.3 is 5.73 Å². The summed E-state index contributed by atoms with van der Waals surface area (Å²) in [6.45, 7) is 0. The highest BCUT2D eigenvalue weighted by molar-refractivity contribution is 5.30. The summed E-state index contributed by atoms with van der Waals surface area (Å²) in [7, 11) is 0. The Labute approximate surface area is 92.5 Å². The molecule has 16 heavy (non-hydrogen) atoms. The van der Waals surface area contributed by atoms with Crippen LogP contribution in [0.5, 0.6) is 0 Å². The summed E-state index contributed by atoms with van der Waals surface area (Å²) in [5.41, 5.74) is 5.60. The van der Waals surface area contributed by atoms with E-state index in [0.29, 0.717) is 18.4 Å². The smallest absolute Gasteiger partial charge is 0.266 e. The number of nitrogens with two attached hydrogens (primary N) is 1. The van der Waals surface area contributed by atoms with Crippen LogP contribution in [-0.4, -0.2) is 5.54 Å². The van der Waals surface area contributed by atoms with Crippen LogP contribution in [0.1, 0.15) is 36.8 Å². The predicted octanol–water partition coefficient (Wildman–Crippen LogP) is 3.19. The topological polar surface area (TPSA) is 26.0 Å². The van der Waals surface area contributed by atoms with Crippen molar-refractivity contribution >= 4 is 0 Å². The molecule has 0 atom stereocenters. The van der Waals surface area contributed by atoms with Gasteiger partial charge in [0.15, 0.2) is 0 Å². The second kappa shape index (κ2) is 4.09. The van der Waals surface area contributed by atoms with E-state index in [4.69, 9.17) is 5.73 Å². The van der Waals surface area contributed by atoms with E-state index in [-0.39, 0.29) is 5.54 Å². The number of hydrogen-bond acceptors (Lipinski definition) is 1. The highest BCUT2D eigenvalue weighted by Crippen LogP contribution is 2.37. The molecule has 1 nitrogen and oxygen atoms in total. The Morgan fingerprint density at radius 3 is 2.56 bits per heavy atom. The molecule has 0 heterocycles. The average molecular weight is 229 g/mol. The lowest BCUT2D eigenvalue weighted by Gasteiger charge is -2.12. The van der Waals surface area contributed by atoms with Crippen molar-refractivity contribution in [3.8, 4) is 0 Å². The van der Waals surface area contributed by atoms with E-state index in [1.165, 1.54) is 6.07 Å². The number of aryl methyl sites for hydroxylation is 1. The highest BCUT2D eigenvalue weighted by atomic mass is 19.3. The highest BCUT2D eigenvalue weighted by Gasteiger charge is 2.37. The first-order chi connectivity index (χ1) is 7.52. The zero-order valence-electron chi connectivity index (χ0n) is 8.85. The Hall–Kier alpha value is -1.03. The van der Waals surface area contributed by atoms with Crippen molar-refractivity contribution in [2.45, 2.75) is 37.6 Å². The summed E-state index contributed by atoms with van der Waals surface area (Å²) in [6, 6.07) is 4.09. The second-order valence-corrected chi connectivity index (χ2v) is 4.48. The zero-order valence-corrected chi connectivity index (χ0v) is 8.85. The van der Waals surface area contributed by atoms with E-state index in [1.807, 2.05) is 0 Å². The first kappa shape index (κ1) is 11.5. The number of benzene rings is 1. The van der Waals surface area contributed by atoms with Crippen LogP contribution in [0.3, 0.4) is 0 Å². The third-order valence-electron chi connectivity index (χ3n) is 3.15. The number of halogens is 3. The van der Waals surface area contributed by atoms with Crippen molar-refractivity contribution in [1.29, 1.82) is 0 Å². The molecule has 0 saturated heterocycles. The minimum atomic E-state index is -2.76. The first-order valence-electron chi connectivity index (χ1n) is 5.36. The van der Waals surface area contributed by atoms with Crippen molar-refractivity contribution in [3.05, 3.63) is 35.1 Å². The van der Waals surface area contributed by atoms with Gasteiger partial charge in [-0.15, -0.1) is 0 Å². The average Bonchev–Trinajstić information content (AvgIpc) is 2.94. The molecule has 0 bridgehead atoms. The molecule has 1 saturated carbocycles. The maximum Gasteiger partial charge on any atom is 0.266 e. The molecule has 2 rings (SSSR count).